The van der Waals surface area contributed by atoms with E-state index in [9.17, 15) is 4.79 Å². The molecule has 2 unspecified atom stereocenters. The third kappa shape index (κ3) is 3.77. The maximum absolute atomic E-state index is 10.9. The van der Waals surface area contributed by atoms with E-state index in [4.69, 9.17) is 9.84 Å². The van der Waals surface area contributed by atoms with Crippen molar-refractivity contribution in [3.63, 3.8) is 0 Å². The zero-order valence-electron chi connectivity index (χ0n) is 9.13. The van der Waals surface area contributed by atoms with Crippen molar-refractivity contribution in [3.05, 3.63) is 0 Å². The van der Waals surface area contributed by atoms with Gasteiger partial charge in [-0.05, 0) is 11.3 Å². The number of aliphatic carboxylic acids is 1. The normalized spacial score (nSPS) is 16.7. The van der Waals surface area contributed by atoms with Crippen LogP contribution in [0.2, 0.25) is 0 Å². The number of methoxy groups -OCH3 is 1. The second-order valence-corrected chi connectivity index (χ2v) is 4.55. The highest BCUT2D eigenvalue weighted by Gasteiger charge is 2.32. The molecule has 0 saturated carbocycles. The van der Waals surface area contributed by atoms with E-state index in [1.54, 1.807) is 0 Å². The highest BCUT2D eigenvalue weighted by atomic mass is 16.5. The summed E-state index contributed by atoms with van der Waals surface area (Å²) in [5, 5.41) is 8.96. The molecule has 0 aromatic carbocycles. The molecule has 3 nitrogen and oxygen atoms in total. The third-order valence-corrected chi connectivity index (χ3v) is 2.63. The first-order chi connectivity index (χ1) is 5.80. The molecule has 1 N–H and O–H groups in total. The number of carbonyl (C=O) groups is 1. The zero-order valence-corrected chi connectivity index (χ0v) is 9.13. The lowest BCUT2D eigenvalue weighted by atomic mass is 9.74. The fourth-order valence-electron chi connectivity index (χ4n) is 1.21. The highest BCUT2D eigenvalue weighted by Crippen LogP contribution is 2.31. The van der Waals surface area contributed by atoms with Crippen molar-refractivity contribution in [1.29, 1.82) is 0 Å². The van der Waals surface area contributed by atoms with Crippen molar-refractivity contribution in [2.75, 3.05) is 13.7 Å². The molecule has 78 valence electrons. The van der Waals surface area contributed by atoms with Gasteiger partial charge in [0.25, 0.3) is 0 Å². The molecule has 0 fully saturated rings. The number of ether oxygens (including phenoxy) is 1. The van der Waals surface area contributed by atoms with E-state index < -0.39 is 11.9 Å². The van der Waals surface area contributed by atoms with E-state index in [-0.39, 0.29) is 17.9 Å². The summed E-state index contributed by atoms with van der Waals surface area (Å²) in [5.74, 6) is -1.08. The van der Waals surface area contributed by atoms with Crippen LogP contribution in [0.4, 0.5) is 0 Å². The maximum Gasteiger partial charge on any atom is 0.309 e. The molecule has 0 aromatic heterocycles. The van der Waals surface area contributed by atoms with Crippen molar-refractivity contribution in [2.24, 2.45) is 17.3 Å². The van der Waals surface area contributed by atoms with Crippen LogP contribution >= 0.6 is 0 Å². The van der Waals surface area contributed by atoms with Gasteiger partial charge in [0, 0.05) is 7.11 Å². The van der Waals surface area contributed by atoms with E-state index in [2.05, 4.69) is 0 Å². The van der Waals surface area contributed by atoms with E-state index in [0.717, 1.165) is 0 Å². The molecule has 0 aromatic rings. The summed E-state index contributed by atoms with van der Waals surface area (Å²) >= 11 is 0. The van der Waals surface area contributed by atoms with Gasteiger partial charge in [0.15, 0.2) is 0 Å². The number of rotatable bonds is 4. The molecule has 0 saturated heterocycles. The summed E-state index contributed by atoms with van der Waals surface area (Å²) in [6.45, 7) is 8.38. The van der Waals surface area contributed by atoms with Gasteiger partial charge in [-0.1, -0.05) is 27.7 Å². The fourth-order valence-corrected chi connectivity index (χ4v) is 1.21. The third-order valence-electron chi connectivity index (χ3n) is 2.63. The lowest BCUT2D eigenvalue weighted by molar-refractivity contribution is -0.147. The number of carboxylic acids is 1. The Morgan fingerprint density at radius 2 is 1.92 bits per heavy atom. The van der Waals surface area contributed by atoms with Gasteiger partial charge in [-0.2, -0.15) is 0 Å². The van der Waals surface area contributed by atoms with Crippen LogP contribution in [-0.2, 0) is 9.53 Å². The Bertz CT molecular complexity index is 169. The first-order valence-corrected chi connectivity index (χ1v) is 4.52. The van der Waals surface area contributed by atoms with Crippen LogP contribution in [0.3, 0.4) is 0 Å². The monoisotopic (exact) mass is 188 g/mol. The van der Waals surface area contributed by atoms with Crippen LogP contribution in [0.25, 0.3) is 0 Å². The van der Waals surface area contributed by atoms with Gasteiger partial charge < -0.3 is 9.84 Å². The van der Waals surface area contributed by atoms with E-state index in [1.807, 2.05) is 27.7 Å². The molecule has 0 heterocycles. The number of hydrogen-bond acceptors (Lipinski definition) is 2. The molecule has 0 aliphatic rings. The Morgan fingerprint density at radius 1 is 1.46 bits per heavy atom. The van der Waals surface area contributed by atoms with Crippen LogP contribution in [-0.4, -0.2) is 24.8 Å². The molecule has 0 spiro atoms. The first kappa shape index (κ1) is 12.4. The topological polar surface area (TPSA) is 46.5 Å². The molecule has 2 atom stereocenters. The smallest absolute Gasteiger partial charge is 0.309 e. The second-order valence-electron chi connectivity index (χ2n) is 4.55. The summed E-state index contributed by atoms with van der Waals surface area (Å²) in [6.07, 6.45) is 0. The SMILES string of the molecule is COCC(C(=O)O)C(C)C(C)(C)C. The fraction of sp³-hybridized carbons (Fsp3) is 0.900. The molecule has 13 heavy (non-hydrogen) atoms. The first-order valence-electron chi connectivity index (χ1n) is 4.52. The predicted molar refractivity (Wildman–Crippen MR) is 51.6 cm³/mol. The molecule has 3 heteroatoms. The molecule has 0 bridgehead atoms. The van der Waals surface area contributed by atoms with Crippen LogP contribution in [0, 0.1) is 17.3 Å². The molecule has 0 aliphatic carbocycles. The van der Waals surface area contributed by atoms with Crippen LogP contribution < -0.4 is 0 Å². The Morgan fingerprint density at radius 3 is 2.15 bits per heavy atom. The lowest BCUT2D eigenvalue weighted by Gasteiger charge is -2.31. The Labute approximate surface area is 80.1 Å². The minimum absolute atomic E-state index is 0.00157. The van der Waals surface area contributed by atoms with Gasteiger partial charge in [0.2, 0.25) is 0 Å². The van der Waals surface area contributed by atoms with Crippen LogP contribution in [0.5, 0.6) is 0 Å². The number of carboxylic acid groups (broad SMARTS) is 1. The van der Waals surface area contributed by atoms with Gasteiger partial charge in [-0.25, -0.2) is 0 Å². The Kier molecular flexibility index (Phi) is 4.40. The van der Waals surface area contributed by atoms with Crippen LogP contribution in [0.1, 0.15) is 27.7 Å². The Balaban J connectivity index is 4.46. The predicted octanol–water partition coefficient (Wildman–Crippen LogP) is 2.02. The van der Waals surface area contributed by atoms with E-state index in [1.165, 1.54) is 7.11 Å². The van der Waals surface area contributed by atoms with Gasteiger partial charge in [0.05, 0.1) is 12.5 Å². The molecule has 0 aliphatic heterocycles. The van der Waals surface area contributed by atoms with Gasteiger partial charge >= 0.3 is 5.97 Å². The minimum Gasteiger partial charge on any atom is -0.481 e. The van der Waals surface area contributed by atoms with E-state index >= 15 is 0 Å². The summed E-state index contributed by atoms with van der Waals surface area (Å²) < 4.78 is 4.90. The Hall–Kier alpha value is -0.570. The molecule has 0 amide bonds. The molecular weight excluding hydrogens is 168 g/mol. The quantitative estimate of drug-likeness (QED) is 0.734. The largest absolute Gasteiger partial charge is 0.481 e. The van der Waals surface area contributed by atoms with Crippen molar-refractivity contribution in [2.45, 2.75) is 27.7 Å². The van der Waals surface area contributed by atoms with E-state index in [0.29, 0.717) is 0 Å². The maximum atomic E-state index is 10.9. The average Bonchev–Trinajstić information content (AvgIpc) is 1.96. The summed E-state index contributed by atoms with van der Waals surface area (Å²) in [5.41, 5.74) is 0.00157. The van der Waals surface area contributed by atoms with Crippen LogP contribution in [0.15, 0.2) is 0 Å². The summed E-state index contributed by atoms with van der Waals surface area (Å²) in [4.78, 5) is 10.9. The van der Waals surface area contributed by atoms with Crippen molar-refractivity contribution in [3.8, 4) is 0 Å². The summed E-state index contributed by atoms with van der Waals surface area (Å²) in [6, 6.07) is 0. The minimum atomic E-state index is -0.774. The van der Waals surface area contributed by atoms with Gasteiger partial charge in [-0.15, -0.1) is 0 Å². The van der Waals surface area contributed by atoms with Crippen molar-refractivity contribution >= 4 is 5.97 Å². The number of hydrogen-bond donors (Lipinski definition) is 1. The van der Waals surface area contributed by atoms with Crippen molar-refractivity contribution in [1.82, 2.24) is 0 Å². The standard InChI is InChI=1S/C10H20O3/c1-7(10(2,3)4)8(6-13-5)9(11)12/h7-8H,6H2,1-5H3,(H,11,12). The molecular formula is C10H20O3. The van der Waals surface area contributed by atoms with Gasteiger partial charge in [-0.3, -0.25) is 4.79 Å². The molecule has 0 radical (unpaired) electrons. The van der Waals surface area contributed by atoms with Gasteiger partial charge in [0.1, 0.15) is 0 Å². The second kappa shape index (κ2) is 4.61. The highest BCUT2D eigenvalue weighted by molar-refractivity contribution is 5.70. The summed E-state index contributed by atoms with van der Waals surface area (Å²) in [7, 11) is 1.53. The molecule has 0 rings (SSSR count). The zero-order chi connectivity index (χ0) is 10.6. The average molecular weight is 188 g/mol. The lowest BCUT2D eigenvalue weighted by Crippen LogP contribution is -2.33. The van der Waals surface area contributed by atoms with Crippen molar-refractivity contribution < 1.29 is 14.6 Å².